The third-order valence-electron chi connectivity index (χ3n) is 5.36. The van der Waals surface area contributed by atoms with Crippen LogP contribution in [0.5, 0.6) is 11.5 Å². The van der Waals surface area contributed by atoms with Crippen molar-refractivity contribution in [2.75, 3.05) is 34.9 Å². The number of esters is 1. The Morgan fingerprint density at radius 2 is 1.90 bits per heavy atom. The molecule has 8 nitrogen and oxygen atoms in total. The fourth-order valence-electron chi connectivity index (χ4n) is 3.55. The molecule has 1 atom stereocenters. The topological polar surface area (TPSA) is 80.7 Å². The van der Waals surface area contributed by atoms with Crippen molar-refractivity contribution < 1.29 is 23.8 Å². The van der Waals surface area contributed by atoms with E-state index < -0.39 is 12.0 Å². The number of fused-ring (bicyclic) bond motifs is 1. The van der Waals surface area contributed by atoms with Gasteiger partial charge in [0.2, 0.25) is 5.91 Å². The molecule has 1 aromatic rings. The minimum absolute atomic E-state index is 0.00689. The summed E-state index contributed by atoms with van der Waals surface area (Å²) in [6.07, 6.45) is 0.202. The number of amides is 1. The van der Waals surface area contributed by atoms with Gasteiger partial charge in [-0.15, -0.1) is 0 Å². The van der Waals surface area contributed by atoms with E-state index in [0.29, 0.717) is 34.5 Å². The van der Waals surface area contributed by atoms with Crippen LogP contribution >= 0.6 is 11.8 Å². The van der Waals surface area contributed by atoms with E-state index in [9.17, 15) is 9.59 Å². The van der Waals surface area contributed by atoms with Crippen LogP contribution in [0.15, 0.2) is 45.6 Å². The Labute approximate surface area is 186 Å². The zero-order chi connectivity index (χ0) is 22.7. The first-order valence-electron chi connectivity index (χ1n) is 9.84. The molecule has 31 heavy (non-hydrogen) atoms. The van der Waals surface area contributed by atoms with E-state index in [0.717, 1.165) is 11.3 Å². The van der Waals surface area contributed by atoms with E-state index in [1.807, 2.05) is 29.4 Å². The number of carbonyl (C=O) groups excluding carboxylic acids is 2. The van der Waals surface area contributed by atoms with Crippen molar-refractivity contribution in [3.05, 3.63) is 46.1 Å². The first-order valence-corrected chi connectivity index (χ1v) is 10.7. The van der Waals surface area contributed by atoms with Gasteiger partial charge in [-0.25, -0.2) is 9.79 Å². The number of allylic oxidation sites excluding steroid dienone is 1. The lowest BCUT2D eigenvalue weighted by molar-refractivity contribution is -0.136. The maximum Gasteiger partial charge on any atom is 0.338 e. The number of methoxy groups -OCH3 is 3. The summed E-state index contributed by atoms with van der Waals surface area (Å²) in [5.74, 6) is 0.661. The minimum atomic E-state index is -0.513. The predicted octanol–water partition coefficient (Wildman–Crippen LogP) is 3.32. The molecule has 166 valence electrons. The standard InChI is InChI=1S/C22H27N3O5S/c1-7-24(3)18(26)11-15-12-31-22-23-13(2)19(21(27)30-6)20(25(15)22)14-8-9-16(28-4)17(10-14)29-5/h8-10,12,20H,7,11H2,1-6H3. The van der Waals surface area contributed by atoms with Crippen LogP contribution in [0.25, 0.3) is 0 Å². The van der Waals surface area contributed by atoms with E-state index in [4.69, 9.17) is 14.2 Å². The summed E-state index contributed by atoms with van der Waals surface area (Å²) in [6, 6.07) is 5.00. The zero-order valence-corrected chi connectivity index (χ0v) is 19.4. The second-order valence-electron chi connectivity index (χ2n) is 7.08. The smallest absolute Gasteiger partial charge is 0.338 e. The average Bonchev–Trinajstić information content (AvgIpc) is 3.18. The molecule has 1 aromatic carbocycles. The van der Waals surface area contributed by atoms with E-state index in [-0.39, 0.29) is 12.3 Å². The quantitative estimate of drug-likeness (QED) is 0.596. The maximum absolute atomic E-state index is 12.8. The number of hydrogen-bond donors (Lipinski definition) is 0. The van der Waals surface area contributed by atoms with Gasteiger partial charge in [0.05, 0.1) is 45.1 Å². The lowest BCUT2D eigenvalue weighted by Crippen LogP contribution is -2.38. The number of ether oxygens (including phenoxy) is 3. The van der Waals surface area contributed by atoms with Crippen molar-refractivity contribution >= 4 is 28.8 Å². The lowest BCUT2D eigenvalue weighted by atomic mass is 9.93. The molecular weight excluding hydrogens is 418 g/mol. The Kier molecular flexibility index (Phi) is 6.94. The van der Waals surface area contributed by atoms with Gasteiger partial charge in [-0.1, -0.05) is 17.8 Å². The van der Waals surface area contributed by atoms with Gasteiger partial charge in [-0.2, -0.15) is 0 Å². The SMILES string of the molecule is CCN(C)C(=O)CC1=CSC2=NC(C)=C(C(=O)OC)C(c3ccc(OC)c(OC)c3)N12. The Balaban J connectivity index is 2.11. The van der Waals surface area contributed by atoms with Crippen LogP contribution in [0, 0.1) is 0 Å². The summed E-state index contributed by atoms with van der Waals surface area (Å²) in [6.45, 7) is 4.34. The summed E-state index contributed by atoms with van der Waals surface area (Å²) in [5.41, 5.74) is 2.58. The van der Waals surface area contributed by atoms with Gasteiger partial charge in [0.25, 0.3) is 0 Å². The van der Waals surface area contributed by atoms with Crippen molar-refractivity contribution in [2.24, 2.45) is 4.99 Å². The molecule has 2 heterocycles. The van der Waals surface area contributed by atoms with E-state index in [2.05, 4.69) is 4.99 Å². The fraction of sp³-hybridized carbons (Fsp3) is 0.409. The summed E-state index contributed by atoms with van der Waals surface area (Å²) in [7, 11) is 6.25. The molecule has 0 saturated carbocycles. The zero-order valence-electron chi connectivity index (χ0n) is 18.6. The fourth-order valence-corrected chi connectivity index (χ4v) is 4.51. The van der Waals surface area contributed by atoms with Gasteiger partial charge in [-0.3, -0.25) is 4.79 Å². The summed E-state index contributed by atoms with van der Waals surface area (Å²) in [4.78, 5) is 33.6. The number of benzene rings is 1. The van der Waals surface area contributed by atoms with Crippen molar-refractivity contribution in [1.82, 2.24) is 9.80 Å². The molecule has 0 saturated heterocycles. The molecular formula is C22H27N3O5S. The highest BCUT2D eigenvalue weighted by molar-refractivity contribution is 8.16. The van der Waals surface area contributed by atoms with Crippen LogP contribution in [0.2, 0.25) is 0 Å². The first kappa shape index (κ1) is 22.7. The molecule has 0 aromatic heterocycles. The van der Waals surface area contributed by atoms with Crippen molar-refractivity contribution in [2.45, 2.75) is 26.3 Å². The Hall–Kier alpha value is -2.94. The number of nitrogens with zero attached hydrogens (tertiary/aromatic N) is 3. The van der Waals surface area contributed by atoms with Crippen LogP contribution < -0.4 is 9.47 Å². The summed E-state index contributed by atoms with van der Waals surface area (Å²) < 4.78 is 15.9. The molecule has 3 rings (SSSR count). The summed E-state index contributed by atoms with van der Waals surface area (Å²) >= 11 is 1.44. The van der Waals surface area contributed by atoms with Gasteiger partial charge in [0.15, 0.2) is 16.7 Å². The monoisotopic (exact) mass is 445 g/mol. The van der Waals surface area contributed by atoms with E-state index >= 15 is 0 Å². The molecule has 0 spiro atoms. The Morgan fingerprint density at radius 3 is 2.52 bits per heavy atom. The summed E-state index contributed by atoms with van der Waals surface area (Å²) in [5, 5.41) is 2.63. The molecule has 0 fully saturated rings. The van der Waals surface area contributed by atoms with Crippen LogP contribution in [0.4, 0.5) is 0 Å². The van der Waals surface area contributed by atoms with Gasteiger partial charge in [-0.05, 0) is 37.0 Å². The second kappa shape index (κ2) is 9.47. The van der Waals surface area contributed by atoms with Gasteiger partial charge in [0, 0.05) is 19.3 Å². The van der Waals surface area contributed by atoms with E-state index in [1.54, 1.807) is 39.2 Å². The normalized spacial score (nSPS) is 17.6. The number of amidine groups is 1. The highest BCUT2D eigenvalue weighted by atomic mass is 32.2. The van der Waals surface area contributed by atoms with Gasteiger partial charge >= 0.3 is 5.97 Å². The maximum atomic E-state index is 12.8. The molecule has 0 bridgehead atoms. The number of carbonyl (C=O) groups is 2. The Morgan fingerprint density at radius 1 is 1.19 bits per heavy atom. The molecule has 0 aliphatic carbocycles. The largest absolute Gasteiger partial charge is 0.493 e. The number of hydrogen-bond acceptors (Lipinski definition) is 8. The Bertz CT molecular complexity index is 985. The van der Waals surface area contributed by atoms with Gasteiger partial charge in [0.1, 0.15) is 0 Å². The van der Waals surface area contributed by atoms with Crippen molar-refractivity contribution in [1.29, 1.82) is 0 Å². The van der Waals surface area contributed by atoms with Crippen LogP contribution in [-0.2, 0) is 14.3 Å². The predicted molar refractivity (Wildman–Crippen MR) is 120 cm³/mol. The van der Waals surface area contributed by atoms with Crippen LogP contribution in [0.3, 0.4) is 0 Å². The third kappa shape index (κ3) is 4.27. The third-order valence-corrected chi connectivity index (χ3v) is 6.25. The van der Waals surface area contributed by atoms with Crippen LogP contribution in [-0.4, -0.2) is 61.8 Å². The second-order valence-corrected chi connectivity index (χ2v) is 7.92. The number of thioether (sulfide) groups is 1. The van der Waals surface area contributed by atoms with Crippen LogP contribution in [0.1, 0.15) is 31.9 Å². The van der Waals surface area contributed by atoms with Crippen molar-refractivity contribution in [3.63, 3.8) is 0 Å². The highest BCUT2D eigenvalue weighted by Crippen LogP contribution is 2.46. The molecule has 1 amide bonds. The highest BCUT2D eigenvalue weighted by Gasteiger charge is 2.41. The number of aliphatic imine (C=N–C) groups is 1. The average molecular weight is 446 g/mol. The van der Waals surface area contributed by atoms with Gasteiger partial charge < -0.3 is 24.0 Å². The van der Waals surface area contributed by atoms with Crippen molar-refractivity contribution in [3.8, 4) is 11.5 Å². The molecule has 0 N–H and O–H groups in total. The number of rotatable bonds is 7. The minimum Gasteiger partial charge on any atom is -0.493 e. The molecule has 1 unspecified atom stereocenters. The molecule has 2 aliphatic rings. The molecule has 9 heteroatoms. The molecule has 0 radical (unpaired) electrons. The molecule has 2 aliphatic heterocycles. The first-order chi connectivity index (χ1) is 14.9. The lowest BCUT2D eigenvalue weighted by Gasteiger charge is -2.36. The van der Waals surface area contributed by atoms with E-state index in [1.165, 1.54) is 18.9 Å².